The van der Waals surface area contributed by atoms with Crippen molar-refractivity contribution in [3.63, 3.8) is 0 Å². The van der Waals surface area contributed by atoms with Crippen LogP contribution in [0.15, 0.2) is 54.8 Å². The molecule has 4 heteroatoms. The van der Waals surface area contributed by atoms with Gasteiger partial charge in [0.05, 0.1) is 24.5 Å². The first-order valence-electron chi connectivity index (χ1n) is 9.89. The third kappa shape index (κ3) is 6.15. The monoisotopic (exact) mass is 381 g/mol. The summed E-state index contributed by atoms with van der Waals surface area (Å²) in [5.41, 5.74) is 3.03. The Morgan fingerprint density at radius 1 is 1.18 bits per heavy atom. The molecule has 0 radical (unpaired) electrons. The zero-order valence-electron chi connectivity index (χ0n) is 17.2. The van der Waals surface area contributed by atoms with Gasteiger partial charge in [0.2, 0.25) is 0 Å². The minimum Gasteiger partial charge on any atom is -0.515 e. The molecule has 2 rings (SSSR count). The Morgan fingerprint density at radius 3 is 2.50 bits per heavy atom. The van der Waals surface area contributed by atoms with Crippen LogP contribution in [0.4, 0.5) is 0 Å². The maximum atomic E-state index is 12.6. The molecule has 0 aliphatic heterocycles. The Hall–Kier alpha value is -2.75. The fraction of sp³-hybridized carbons (Fsp3) is 0.375. The molecule has 1 unspecified atom stereocenters. The van der Waals surface area contributed by atoms with Crippen molar-refractivity contribution in [3.8, 4) is 5.75 Å². The highest BCUT2D eigenvalue weighted by Crippen LogP contribution is 2.21. The highest BCUT2D eigenvalue weighted by molar-refractivity contribution is 6.19. The fourth-order valence-electron chi connectivity index (χ4n) is 3.11. The third-order valence-corrected chi connectivity index (χ3v) is 4.74. The van der Waals surface area contributed by atoms with E-state index in [9.17, 15) is 9.90 Å². The molecule has 0 saturated heterocycles. The number of ether oxygens (including phenoxy) is 1. The lowest BCUT2D eigenvalue weighted by atomic mass is 10.0. The third-order valence-electron chi connectivity index (χ3n) is 4.74. The SMILES string of the molecule is CCCC(C)COc1ccc(C(=CO)C(=O)N[C@H](C)c2cccc(C)c2)cc1. The number of hydrogen-bond donors (Lipinski definition) is 2. The zero-order chi connectivity index (χ0) is 20.5. The Labute approximate surface area is 168 Å². The number of rotatable bonds is 9. The molecule has 4 nitrogen and oxygen atoms in total. The summed E-state index contributed by atoms with van der Waals surface area (Å²) in [5.74, 6) is 0.950. The summed E-state index contributed by atoms with van der Waals surface area (Å²) in [7, 11) is 0. The van der Waals surface area contributed by atoms with E-state index in [1.807, 2.05) is 50.2 Å². The van der Waals surface area contributed by atoms with Crippen LogP contribution in [0.1, 0.15) is 56.3 Å². The Morgan fingerprint density at radius 2 is 1.89 bits per heavy atom. The summed E-state index contributed by atoms with van der Waals surface area (Å²) < 4.78 is 5.80. The van der Waals surface area contributed by atoms with Gasteiger partial charge in [-0.25, -0.2) is 0 Å². The number of aliphatic hydroxyl groups is 1. The molecule has 2 aromatic rings. The molecule has 2 aromatic carbocycles. The first kappa shape index (κ1) is 21.5. The van der Waals surface area contributed by atoms with Gasteiger partial charge in [0.1, 0.15) is 5.75 Å². The minimum absolute atomic E-state index is 0.162. The molecule has 0 aliphatic carbocycles. The molecular weight excluding hydrogens is 350 g/mol. The first-order valence-corrected chi connectivity index (χ1v) is 9.89. The van der Waals surface area contributed by atoms with Crippen molar-refractivity contribution in [3.05, 3.63) is 71.5 Å². The molecule has 0 spiro atoms. The Bertz CT molecular complexity index is 796. The van der Waals surface area contributed by atoms with Crippen LogP contribution in [-0.2, 0) is 4.79 Å². The summed E-state index contributed by atoms with van der Waals surface area (Å²) in [6.45, 7) is 8.95. The molecule has 0 fully saturated rings. The number of amides is 1. The van der Waals surface area contributed by atoms with Gasteiger partial charge in [-0.15, -0.1) is 0 Å². The van der Waals surface area contributed by atoms with Crippen molar-refractivity contribution < 1.29 is 14.6 Å². The number of carbonyl (C=O) groups is 1. The van der Waals surface area contributed by atoms with Crippen LogP contribution in [0.2, 0.25) is 0 Å². The summed E-state index contributed by atoms with van der Waals surface area (Å²) in [5, 5.41) is 12.6. The van der Waals surface area contributed by atoms with Gasteiger partial charge in [0, 0.05) is 0 Å². The van der Waals surface area contributed by atoms with E-state index in [2.05, 4.69) is 19.2 Å². The lowest BCUT2D eigenvalue weighted by molar-refractivity contribution is -0.116. The van der Waals surface area contributed by atoms with Crippen molar-refractivity contribution in [2.45, 2.75) is 46.6 Å². The van der Waals surface area contributed by atoms with Crippen LogP contribution in [0, 0.1) is 12.8 Å². The van der Waals surface area contributed by atoms with Gasteiger partial charge in [-0.05, 0) is 49.4 Å². The Balaban J connectivity index is 2.01. The lowest BCUT2D eigenvalue weighted by Gasteiger charge is -2.16. The van der Waals surface area contributed by atoms with Crippen LogP contribution in [-0.4, -0.2) is 17.6 Å². The summed E-state index contributed by atoms with van der Waals surface area (Å²) in [6, 6.07) is 15.1. The average molecular weight is 382 g/mol. The van der Waals surface area contributed by atoms with E-state index in [-0.39, 0.29) is 17.5 Å². The van der Waals surface area contributed by atoms with Crippen LogP contribution in [0.3, 0.4) is 0 Å². The van der Waals surface area contributed by atoms with Gasteiger partial charge in [-0.1, -0.05) is 62.2 Å². The van der Waals surface area contributed by atoms with E-state index in [0.29, 0.717) is 18.1 Å². The van der Waals surface area contributed by atoms with Gasteiger partial charge >= 0.3 is 0 Å². The van der Waals surface area contributed by atoms with Gasteiger partial charge < -0.3 is 15.2 Å². The number of nitrogens with one attached hydrogen (secondary N) is 1. The molecule has 0 bridgehead atoms. The maximum absolute atomic E-state index is 12.6. The molecule has 1 amide bonds. The Kier molecular flexibility index (Phi) is 8.12. The topological polar surface area (TPSA) is 58.6 Å². The first-order chi connectivity index (χ1) is 13.4. The van der Waals surface area contributed by atoms with E-state index < -0.39 is 0 Å². The summed E-state index contributed by atoms with van der Waals surface area (Å²) in [6.07, 6.45) is 3.14. The average Bonchev–Trinajstić information content (AvgIpc) is 2.68. The number of aryl methyl sites for hydroxylation is 1. The normalized spacial score (nSPS) is 13.6. The molecule has 2 atom stereocenters. The second kappa shape index (κ2) is 10.5. The van der Waals surface area contributed by atoms with E-state index in [4.69, 9.17) is 4.74 Å². The standard InChI is InChI=1S/C24H31NO3/c1-5-7-18(3)16-28-22-12-10-20(11-13-22)23(15-26)24(27)25-19(4)21-9-6-8-17(2)14-21/h6,8-15,18-19,26H,5,7,16H2,1-4H3,(H,25,27)/t18?,19-/m1/s1. The highest BCUT2D eigenvalue weighted by atomic mass is 16.5. The largest absolute Gasteiger partial charge is 0.515 e. The van der Waals surface area contributed by atoms with E-state index in [1.165, 1.54) is 0 Å². The molecular formula is C24H31NO3. The van der Waals surface area contributed by atoms with Crippen molar-refractivity contribution in [2.75, 3.05) is 6.61 Å². The van der Waals surface area contributed by atoms with Crippen molar-refractivity contribution in [1.29, 1.82) is 0 Å². The van der Waals surface area contributed by atoms with E-state index in [0.717, 1.165) is 36.0 Å². The van der Waals surface area contributed by atoms with Crippen LogP contribution in [0.25, 0.3) is 5.57 Å². The second-order valence-electron chi connectivity index (χ2n) is 7.38. The number of hydrogen-bond acceptors (Lipinski definition) is 3. The zero-order valence-corrected chi connectivity index (χ0v) is 17.2. The van der Waals surface area contributed by atoms with Crippen LogP contribution < -0.4 is 10.1 Å². The number of aliphatic hydroxyl groups excluding tert-OH is 1. The molecule has 0 heterocycles. The minimum atomic E-state index is -0.318. The van der Waals surface area contributed by atoms with Gasteiger partial charge in [0.15, 0.2) is 0 Å². The maximum Gasteiger partial charge on any atom is 0.255 e. The van der Waals surface area contributed by atoms with Gasteiger partial charge in [0.25, 0.3) is 5.91 Å². The number of carbonyl (C=O) groups excluding carboxylic acids is 1. The smallest absolute Gasteiger partial charge is 0.255 e. The molecule has 2 N–H and O–H groups in total. The quantitative estimate of drug-likeness (QED) is 0.440. The molecule has 150 valence electrons. The molecule has 28 heavy (non-hydrogen) atoms. The number of benzene rings is 2. The van der Waals surface area contributed by atoms with Crippen LogP contribution >= 0.6 is 0 Å². The van der Waals surface area contributed by atoms with Gasteiger partial charge in [-0.3, -0.25) is 4.79 Å². The van der Waals surface area contributed by atoms with Crippen molar-refractivity contribution >= 4 is 11.5 Å². The fourth-order valence-corrected chi connectivity index (χ4v) is 3.11. The molecule has 0 aliphatic rings. The predicted molar refractivity (Wildman–Crippen MR) is 114 cm³/mol. The van der Waals surface area contributed by atoms with Crippen LogP contribution in [0.5, 0.6) is 5.75 Å². The molecule has 0 aromatic heterocycles. The van der Waals surface area contributed by atoms with Gasteiger partial charge in [-0.2, -0.15) is 0 Å². The van der Waals surface area contributed by atoms with E-state index in [1.54, 1.807) is 12.1 Å². The molecule has 0 saturated carbocycles. The summed E-state index contributed by atoms with van der Waals surface area (Å²) >= 11 is 0. The van der Waals surface area contributed by atoms with E-state index >= 15 is 0 Å². The van der Waals surface area contributed by atoms with Crippen molar-refractivity contribution in [1.82, 2.24) is 5.32 Å². The second-order valence-corrected chi connectivity index (χ2v) is 7.38. The highest BCUT2D eigenvalue weighted by Gasteiger charge is 2.16. The van der Waals surface area contributed by atoms with Crippen molar-refractivity contribution in [2.24, 2.45) is 5.92 Å². The predicted octanol–water partition coefficient (Wildman–Crippen LogP) is 5.59. The summed E-state index contributed by atoms with van der Waals surface area (Å²) in [4.78, 5) is 12.6. The lowest BCUT2D eigenvalue weighted by Crippen LogP contribution is -2.27.